The van der Waals surface area contributed by atoms with Gasteiger partial charge in [-0.3, -0.25) is 0 Å². The zero-order valence-electron chi connectivity index (χ0n) is 11.2. The molecule has 1 aromatic carbocycles. The number of halogens is 1. The summed E-state index contributed by atoms with van der Waals surface area (Å²) >= 11 is 0. The topological polar surface area (TPSA) is 0 Å². The van der Waals surface area contributed by atoms with Crippen molar-refractivity contribution < 1.29 is 4.39 Å². The Morgan fingerprint density at radius 3 is 2.47 bits per heavy atom. The normalized spacial score (nSPS) is 28.0. The average molecular weight is 234 g/mol. The van der Waals surface area contributed by atoms with Gasteiger partial charge in [-0.2, -0.15) is 0 Å². The van der Waals surface area contributed by atoms with Crippen molar-refractivity contribution in [3.05, 3.63) is 35.6 Å². The minimum atomic E-state index is -0.135. The van der Waals surface area contributed by atoms with Gasteiger partial charge in [0, 0.05) is 0 Å². The van der Waals surface area contributed by atoms with E-state index in [-0.39, 0.29) is 5.82 Å². The molecule has 0 N–H and O–H groups in total. The second-order valence-electron chi connectivity index (χ2n) is 6.30. The third-order valence-corrected chi connectivity index (χ3v) is 4.54. The van der Waals surface area contributed by atoms with Crippen molar-refractivity contribution in [2.75, 3.05) is 0 Å². The lowest BCUT2D eigenvalue weighted by atomic mass is 9.62. The molecule has 0 spiro atoms. The highest BCUT2D eigenvalue weighted by Gasteiger charge is 2.36. The van der Waals surface area contributed by atoms with Gasteiger partial charge >= 0.3 is 0 Å². The summed E-state index contributed by atoms with van der Waals surface area (Å²) in [6.45, 7) is 7.14. The fourth-order valence-corrected chi connectivity index (χ4v) is 3.39. The zero-order valence-corrected chi connectivity index (χ0v) is 11.2. The summed E-state index contributed by atoms with van der Waals surface area (Å²) in [4.78, 5) is 0. The molecule has 1 aliphatic carbocycles. The summed E-state index contributed by atoms with van der Waals surface area (Å²) < 4.78 is 12.9. The van der Waals surface area contributed by atoms with Crippen molar-refractivity contribution in [2.24, 2.45) is 17.3 Å². The van der Waals surface area contributed by atoms with Crippen LogP contribution in [0, 0.1) is 23.1 Å². The summed E-state index contributed by atoms with van der Waals surface area (Å²) in [7, 11) is 0. The summed E-state index contributed by atoms with van der Waals surface area (Å²) in [6, 6.07) is 7.03. The molecule has 2 rings (SSSR count). The maximum Gasteiger partial charge on any atom is 0.123 e. The molecule has 0 aliphatic heterocycles. The maximum atomic E-state index is 12.9. The summed E-state index contributed by atoms with van der Waals surface area (Å²) in [6.07, 6.45) is 5.11. The SMILES string of the molecule is C[C@H]1CCCC(C)(C)[C@@H]1Cc1ccc(F)cc1. The summed E-state index contributed by atoms with van der Waals surface area (Å²) in [5.74, 6) is 1.37. The number of hydrogen-bond acceptors (Lipinski definition) is 0. The lowest BCUT2D eigenvalue weighted by molar-refractivity contribution is 0.0841. The van der Waals surface area contributed by atoms with Gasteiger partial charge in [0.05, 0.1) is 0 Å². The molecule has 0 saturated heterocycles. The van der Waals surface area contributed by atoms with Crippen LogP contribution in [0.4, 0.5) is 4.39 Å². The first-order valence-electron chi connectivity index (χ1n) is 6.73. The molecule has 1 aliphatic rings. The second-order valence-corrected chi connectivity index (χ2v) is 6.30. The van der Waals surface area contributed by atoms with Gasteiger partial charge in [-0.05, 0) is 47.8 Å². The van der Waals surface area contributed by atoms with Gasteiger partial charge in [0.15, 0.2) is 0 Å². The molecule has 0 aromatic heterocycles. The molecule has 0 radical (unpaired) electrons. The van der Waals surface area contributed by atoms with Crippen molar-refractivity contribution in [1.82, 2.24) is 0 Å². The maximum absolute atomic E-state index is 12.9. The molecule has 0 bridgehead atoms. The van der Waals surface area contributed by atoms with E-state index >= 15 is 0 Å². The van der Waals surface area contributed by atoms with E-state index in [1.165, 1.54) is 24.8 Å². The summed E-state index contributed by atoms with van der Waals surface area (Å²) in [5.41, 5.74) is 1.70. The van der Waals surface area contributed by atoms with Crippen LogP contribution in [0.2, 0.25) is 0 Å². The Morgan fingerprint density at radius 1 is 1.24 bits per heavy atom. The zero-order chi connectivity index (χ0) is 12.5. The van der Waals surface area contributed by atoms with Gasteiger partial charge in [0.1, 0.15) is 5.82 Å². The average Bonchev–Trinajstić information content (AvgIpc) is 2.26. The van der Waals surface area contributed by atoms with Crippen molar-refractivity contribution in [1.29, 1.82) is 0 Å². The van der Waals surface area contributed by atoms with Crippen LogP contribution in [0.1, 0.15) is 45.6 Å². The van der Waals surface area contributed by atoms with E-state index in [0.29, 0.717) is 5.41 Å². The lowest BCUT2D eigenvalue weighted by Crippen LogP contribution is -2.35. The van der Waals surface area contributed by atoms with Crippen molar-refractivity contribution in [3.8, 4) is 0 Å². The lowest BCUT2D eigenvalue weighted by Gasteiger charge is -2.43. The van der Waals surface area contributed by atoms with Gasteiger partial charge in [0.2, 0.25) is 0 Å². The van der Waals surface area contributed by atoms with Crippen LogP contribution >= 0.6 is 0 Å². The van der Waals surface area contributed by atoms with E-state index in [0.717, 1.165) is 18.3 Å². The predicted octanol–water partition coefficient (Wildman–Crippen LogP) is 4.83. The van der Waals surface area contributed by atoms with E-state index in [1.807, 2.05) is 12.1 Å². The van der Waals surface area contributed by atoms with Crippen LogP contribution in [0.25, 0.3) is 0 Å². The second kappa shape index (κ2) is 4.80. The van der Waals surface area contributed by atoms with E-state index in [1.54, 1.807) is 12.1 Å². The molecule has 0 amide bonds. The number of hydrogen-bond donors (Lipinski definition) is 0. The largest absolute Gasteiger partial charge is 0.207 e. The Hall–Kier alpha value is -0.850. The molecule has 1 saturated carbocycles. The third kappa shape index (κ3) is 2.88. The van der Waals surface area contributed by atoms with Crippen LogP contribution in [-0.2, 0) is 6.42 Å². The van der Waals surface area contributed by atoms with Crippen LogP contribution in [0.3, 0.4) is 0 Å². The van der Waals surface area contributed by atoms with Crippen LogP contribution < -0.4 is 0 Å². The molecule has 94 valence electrons. The first kappa shape index (κ1) is 12.6. The van der Waals surface area contributed by atoms with Crippen LogP contribution in [0.15, 0.2) is 24.3 Å². The minimum Gasteiger partial charge on any atom is -0.207 e. The molecule has 1 heteroatoms. The van der Waals surface area contributed by atoms with Crippen LogP contribution in [-0.4, -0.2) is 0 Å². The molecule has 1 fully saturated rings. The highest BCUT2D eigenvalue weighted by Crippen LogP contribution is 2.45. The van der Waals surface area contributed by atoms with Gasteiger partial charge in [-0.15, -0.1) is 0 Å². The quantitative estimate of drug-likeness (QED) is 0.687. The molecule has 1 aromatic rings. The van der Waals surface area contributed by atoms with E-state index in [9.17, 15) is 4.39 Å². The molecule has 2 atom stereocenters. The monoisotopic (exact) mass is 234 g/mol. The predicted molar refractivity (Wildman–Crippen MR) is 70.4 cm³/mol. The molecular weight excluding hydrogens is 211 g/mol. The smallest absolute Gasteiger partial charge is 0.123 e. The Labute approximate surface area is 104 Å². The van der Waals surface area contributed by atoms with Gasteiger partial charge in [-0.25, -0.2) is 4.39 Å². The van der Waals surface area contributed by atoms with Gasteiger partial charge in [0.25, 0.3) is 0 Å². The Bertz CT molecular complexity index is 364. The van der Waals surface area contributed by atoms with Crippen molar-refractivity contribution in [2.45, 2.75) is 46.5 Å². The van der Waals surface area contributed by atoms with Crippen LogP contribution in [0.5, 0.6) is 0 Å². The third-order valence-electron chi connectivity index (χ3n) is 4.54. The highest BCUT2D eigenvalue weighted by atomic mass is 19.1. The Balaban J connectivity index is 2.12. The number of benzene rings is 1. The Kier molecular flexibility index (Phi) is 3.56. The first-order valence-corrected chi connectivity index (χ1v) is 6.73. The standard InChI is InChI=1S/C16H23F/c1-12-5-4-10-16(2,3)15(12)11-13-6-8-14(17)9-7-13/h6-9,12,15H,4-5,10-11H2,1-3H3/t12-,15+/m0/s1. The van der Waals surface area contributed by atoms with E-state index in [4.69, 9.17) is 0 Å². The molecule has 0 nitrogen and oxygen atoms in total. The molecule has 17 heavy (non-hydrogen) atoms. The van der Waals surface area contributed by atoms with Crippen molar-refractivity contribution >= 4 is 0 Å². The van der Waals surface area contributed by atoms with Gasteiger partial charge < -0.3 is 0 Å². The molecule has 0 unspecified atom stereocenters. The fraction of sp³-hybridized carbons (Fsp3) is 0.625. The molecule has 0 heterocycles. The van der Waals surface area contributed by atoms with Crippen molar-refractivity contribution in [3.63, 3.8) is 0 Å². The number of rotatable bonds is 2. The van der Waals surface area contributed by atoms with E-state index in [2.05, 4.69) is 20.8 Å². The highest BCUT2D eigenvalue weighted by molar-refractivity contribution is 5.17. The fourth-order valence-electron chi connectivity index (χ4n) is 3.39. The van der Waals surface area contributed by atoms with Gasteiger partial charge in [-0.1, -0.05) is 45.7 Å². The Morgan fingerprint density at radius 2 is 1.88 bits per heavy atom. The first-order chi connectivity index (χ1) is 7.99. The molecular formula is C16H23F. The minimum absolute atomic E-state index is 0.135. The summed E-state index contributed by atoms with van der Waals surface area (Å²) in [5, 5.41) is 0. The van der Waals surface area contributed by atoms with E-state index < -0.39 is 0 Å².